The fourth-order valence-corrected chi connectivity index (χ4v) is 1.06. The van der Waals surface area contributed by atoms with Crippen LogP contribution < -0.4 is 0 Å². The zero-order chi connectivity index (χ0) is 7.99. The lowest BCUT2D eigenvalue weighted by atomic mass is 10.2. The number of epoxide rings is 1. The van der Waals surface area contributed by atoms with E-state index in [4.69, 9.17) is 14.5 Å². The largest absolute Gasteiger partial charge is 0.472 e. The van der Waals surface area contributed by atoms with Crippen molar-refractivity contribution in [3.63, 3.8) is 0 Å². The van der Waals surface area contributed by atoms with E-state index in [1.165, 1.54) is 0 Å². The molecule has 1 heterocycles. The lowest BCUT2D eigenvalue weighted by Crippen LogP contribution is -2.05. The molecule has 0 amide bonds. The summed E-state index contributed by atoms with van der Waals surface area (Å²) in [5, 5.41) is 0. The summed E-state index contributed by atoms with van der Waals surface area (Å²) >= 11 is 0. The van der Waals surface area contributed by atoms with Crippen LogP contribution in [-0.4, -0.2) is 21.7 Å². The minimum Gasteiger partial charge on any atom is -0.338 e. The molecule has 0 radical (unpaired) electrons. The molecular weight excluding hydrogens is 159 g/mol. The molecule has 1 rings (SSSR count). The Hall–Kier alpha value is 0.0700. The maximum Gasteiger partial charge on any atom is 0.472 e. The van der Waals surface area contributed by atoms with Crippen LogP contribution in [-0.2, 0) is 13.8 Å². The number of hydrogen-bond donors (Lipinski definition) is 2. The minimum atomic E-state index is -4.36. The van der Waals surface area contributed by atoms with Gasteiger partial charge >= 0.3 is 7.82 Å². The fourth-order valence-electron chi connectivity index (χ4n) is 0.515. The third kappa shape index (κ3) is 2.04. The van der Waals surface area contributed by atoms with E-state index in [1.807, 2.05) is 0 Å². The second-order valence-corrected chi connectivity index (χ2v) is 3.84. The highest BCUT2D eigenvalue weighted by Gasteiger charge is 2.52. The fraction of sp³-hybridized carbons (Fsp3) is 1.00. The molecule has 1 fully saturated rings. The van der Waals surface area contributed by atoms with Crippen LogP contribution in [0.3, 0.4) is 0 Å². The Morgan fingerprint density at radius 3 is 2.10 bits per heavy atom. The van der Waals surface area contributed by atoms with Crippen molar-refractivity contribution >= 4 is 7.82 Å². The van der Waals surface area contributed by atoms with Crippen molar-refractivity contribution in [3.8, 4) is 0 Å². The highest BCUT2D eigenvalue weighted by molar-refractivity contribution is 7.46. The zero-order valence-electron chi connectivity index (χ0n) is 5.64. The molecule has 1 aliphatic rings. The molecule has 1 saturated heterocycles. The lowest BCUT2D eigenvalue weighted by Gasteiger charge is -2.00. The third-order valence-electron chi connectivity index (χ3n) is 1.15. The van der Waals surface area contributed by atoms with E-state index in [2.05, 4.69) is 4.52 Å². The van der Waals surface area contributed by atoms with Crippen molar-refractivity contribution in [1.82, 2.24) is 0 Å². The average Bonchev–Trinajstić information content (AvgIpc) is 2.05. The third-order valence-corrected chi connectivity index (χ3v) is 1.62. The molecular formula is C4H9O5P. The van der Waals surface area contributed by atoms with Crippen LogP contribution in [0.4, 0.5) is 0 Å². The Kier molecular flexibility index (Phi) is 1.66. The first-order valence-electron chi connectivity index (χ1n) is 2.73. The van der Waals surface area contributed by atoms with E-state index in [0.29, 0.717) is 0 Å². The molecule has 1 aliphatic heterocycles. The predicted octanol–water partition coefficient (Wildman–Crippen LogP) is 0.231. The zero-order valence-corrected chi connectivity index (χ0v) is 6.54. The van der Waals surface area contributed by atoms with Gasteiger partial charge in [-0.25, -0.2) is 4.57 Å². The summed E-state index contributed by atoms with van der Waals surface area (Å²) in [4.78, 5) is 16.5. The molecule has 1 unspecified atom stereocenters. The smallest absolute Gasteiger partial charge is 0.338 e. The van der Waals surface area contributed by atoms with Gasteiger partial charge in [-0.05, 0) is 13.8 Å². The van der Waals surface area contributed by atoms with Crippen molar-refractivity contribution in [2.75, 3.05) is 0 Å². The normalized spacial score (nSPS) is 30.2. The Morgan fingerprint density at radius 1 is 1.60 bits per heavy atom. The first kappa shape index (κ1) is 8.17. The first-order valence-corrected chi connectivity index (χ1v) is 4.26. The Morgan fingerprint density at radius 2 is 2.00 bits per heavy atom. The van der Waals surface area contributed by atoms with Gasteiger partial charge in [0.2, 0.25) is 0 Å². The van der Waals surface area contributed by atoms with Gasteiger partial charge in [-0.15, -0.1) is 0 Å². The molecule has 10 heavy (non-hydrogen) atoms. The van der Waals surface area contributed by atoms with Crippen molar-refractivity contribution in [1.29, 1.82) is 0 Å². The molecule has 0 bridgehead atoms. The molecule has 2 N–H and O–H groups in total. The van der Waals surface area contributed by atoms with Crippen molar-refractivity contribution in [2.24, 2.45) is 0 Å². The highest BCUT2D eigenvalue weighted by atomic mass is 31.2. The van der Waals surface area contributed by atoms with Crippen LogP contribution in [0.15, 0.2) is 0 Å². The van der Waals surface area contributed by atoms with E-state index in [0.717, 1.165) is 0 Å². The van der Waals surface area contributed by atoms with Crippen LogP contribution in [0.25, 0.3) is 0 Å². The van der Waals surface area contributed by atoms with Crippen molar-refractivity contribution < 1.29 is 23.6 Å². The van der Waals surface area contributed by atoms with Gasteiger partial charge < -0.3 is 14.5 Å². The Bertz CT molecular complexity index is 182. The molecule has 0 saturated carbocycles. The number of phosphoric ester groups is 1. The van der Waals surface area contributed by atoms with Crippen LogP contribution in [0.1, 0.15) is 13.8 Å². The topological polar surface area (TPSA) is 79.3 Å². The van der Waals surface area contributed by atoms with Gasteiger partial charge in [0, 0.05) is 0 Å². The quantitative estimate of drug-likeness (QED) is 0.455. The molecule has 6 heteroatoms. The first-order chi connectivity index (χ1) is 4.31. The average molecular weight is 168 g/mol. The number of phosphoric acid groups is 1. The van der Waals surface area contributed by atoms with Gasteiger partial charge in [-0.2, -0.15) is 0 Å². The van der Waals surface area contributed by atoms with E-state index >= 15 is 0 Å². The number of hydrogen-bond acceptors (Lipinski definition) is 3. The van der Waals surface area contributed by atoms with Gasteiger partial charge in [0.25, 0.3) is 0 Å². The molecule has 60 valence electrons. The molecule has 0 aromatic carbocycles. The van der Waals surface area contributed by atoms with Crippen molar-refractivity contribution in [2.45, 2.75) is 25.7 Å². The Labute approximate surface area is 58.2 Å². The summed E-state index contributed by atoms with van der Waals surface area (Å²) < 4.78 is 19.1. The van der Waals surface area contributed by atoms with Crippen LogP contribution in [0, 0.1) is 0 Å². The van der Waals surface area contributed by atoms with Gasteiger partial charge in [-0.1, -0.05) is 0 Å². The van der Waals surface area contributed by atoms with Crippen LogP contribution in [0.5, 0.6) is 0 Å². The summed E-state index contributed by atoms with van der Waals surface area (Å²) in [6.07, 6.45) is -0.756. The summed E-state index contributed by atoms with van der Waals surface area (Å²) in [7, 11) is -4.36. The Balaban J connectivity index is 2.38. The lowest BCUT2D eigenvalue weighted by molar-refractivity contribution is 0.124. The molecule has 0 aromatic heterocycles. The second-order valence-electron chi connectivity index (χ2n) is 2.65. The van der Waals surface area contributed by atoms with Gasteiger partial charge in [0.1, 0.15) is 5.60 Å². The summed E-state index contributed by atoms with van der Waals surface area (Å²) in [6, 6.07) is 0. The van der Waals surface area contributed by atoms with Gasteiger partial charge in [0.05, 0.1) is 0 Å². The monoisotopic (exact) mass is 168 g/mol. The van der Waals surface area contributed by atoms with E-state index in [9.17, 15) is 4.57 Å². The summed E-state index contributed by atoms with van der Waals surface area (Å²) in [5.41, 5.74) is -0.541. The van der Waals surface area contributed by atoms with E-state index in [-0.39, 0.29) is 0 Å². The maximum atomic E-state index is 10.2. The molecule has 0 aromatic rings. The SMILES string of the molecule is CC1(C)OC1OP(=O)(O)O. The van der Waals surface area contributed by atoms with Crippen molar-refractivity contribution in [3.05, 3.63) is 0 Å². The summed E-state index contributed by atoms with van der Waals surface area (Å²) in [5.74, 6) is 0. The minimum absolute atomic E-state index is 0.541. The van der Waals surface area contributed by atoms with Gasteiger partial charge in [0.15, 0.2) is 6.29 Å². The molecule has 0 spiro atoms. The maximum absolute atomic E-state index is 10.2. The predicted molar refractivity (Wildman–Crippen MR) is 32.1 cm³/mol. The molecule has 1 atom stereocenters. The van der Waals surface area contributed by atoms with Crippen LogP contribution in [0.2, 0.25) is 0 Å². The van der Waals surface area contributed by atoms with E-state index < -0.39 is 19.7 Å². The highest BCUT2D eigenvalue weighted by Crippen LogP contribution is 2.48. The van der Waals surface area contributed by atoms with Gasteiger partial charge in [-0.3, -0.25) is 4.52 Å². The van der Waals surface area contributed by atoms with E-state index in [1.54, 1.807) is 13.8 Å². The molecule has 0 aliphatic carbocycles. The van der Waals surface area contributed by atoms with Crippen LogP contribution >= 0.6 is 7.82 Å². The number of rotatable bonds is 2. The summed E-state index contributed by atoms with van der Waals surface area (Å²) in [6.45, 7) is 3.38. The standard InChI is InChI=1S/C4H9O5P/c1-4(2)3(8-4)9-10(5,6)7/h3H,1-2H3,(H2,5,6,7). The molecule has 5 nitrogen and oxygen atoms in total. The number of ether oxygens (including phenoxy) is 1. The second kappa shape index (κ2) is 2.03.